The van der Waals surface area contributed by atoms with Gasteiger partial charge in [-0.1, -0.05) is 11.6 Å². The first-order valence-electron chi connectivity index (χ1n) is 11.5. The van der Waals surface area contributed by atoms with E-state index in [4.69, 9.17) is 26.2 Å². The number of rotatable bonds is 9. The van der Waals surface area contributed by atoms with Gasteiger partial charge in [0.25, 0.3) is 0 Å². The molecule has 3 aromatic rings. The number of amides is 1. The van der Waals surface area contributed by atoms with E-state index >= 15 is 0 Å². The Morgan fingerprint density at radius 2 is 1.89 bits per heavy atom. The summed E-state index contributed by atoms with van der Waals surface area (Å²) in [6.07, 6.45) is 1.49. The first-order chi connectivity index (χ1) is 17.4. The standard InChI is InChI=1S/C25H29ClN6O4/c1-31-10-12-32(13-11-31)18-5-8-21(22(15-18)35-2)29-25-27-16-20(26)24(30-25)36-19-6-3-17(4-7-19)28-23(34)9-14-33/h3-8,15-16,33H,9-14H2,1-2H3,(H,28,34)(H,27,29,30). The van der Waals surface area contributed by atoms with Crippen molar-refractivity contribution in [2.24, 2.45) is 0 Å². The van der Waals surface area contributed by atoms with Crippen molar-refractivity contribution in [1.82, 2.24) is 14.9 Å². The number of aromatic nitrogens is 2. The highest BCUT2D eigenvalue weighted by Gasteiger charge is 2.17. The minimum Gasteiger partial charge on any atom is -0.494 e. The second kappa shape index (κ2) is 11.9. The summed E-state index contributed by atoms with van der Waals surface area (Å²) in [5.41, 5.74) is 2.40. The molecule has 1 saturated heterocycles. The minimum absolute atomic E-state index is 0.0357. The largest absolute Gasteiger partial charge is 0.494 e. The Balaban J connectivity index is 1.45. The Morgan fingerprint density at radius 1 is 1.14 bits per heavy atom. The Bertz CT molecular complexity index is 1190. The highest BCUT2D eigenvalue weighted by Crippen LogP contribution is 2.33. The number of anilines is 4. The molecule has 11 heteroatoms. The number of nitrogens with zero attached hydrogens (tertiary/aromatic N) is 4. The van der Waals surface area contributed by atoms with E-state index < -0.39 is 0 Å². The van der Waals surface area contributed by atoms with Crippen LogP contribution in [0.2, 0.25) is 5.02 Å². The molecule has 2 heterocycles. The molecule has 0 unspecified atom stereocenters. The highest BCUT2D eigenvalue weighted by atomic mass is 35.5. The zero-order chi connectivity index (χ0) is 25.5. The highest BCUT2D eigenvalue weighted by molar-refractivity contribution is 6.31. The third kappa shape index (κ3) is 6.54. The number of halogens is 1. The SMILES string of the molecule is COc1cc(N2CCN(C)CC2)ccc1Nc1ncc(Cl)c(Oc2ccc(NC(=O)CCO)cc2)n1. The van der Waals surface area contributed by atoms with Crippen LogP contribution in [0, 0.1) is 0 Å². The predicted molar refractivity (Wildman–Crippen MR) is 140 cm³/mol. The van der Waals surface area contributed by atoms with Crippen LogP contribution >= 0.6 is 11.6 Å². The number of nitrogens with one attached hydrogen (secondary N) is 2. The molecule has 4 rings (SSSR count). The number of hydrogen-bond acceptors (Lipinski definition) is 9. The van der Waals surface area contributed by atoms with Crippen molar-refractivity contribution in [3.8, 4) is 17.4 Å². The lowest BCUT2D eigenvalue weighted by Gasteiger charge is -2.34. The van der Waals surface area contributed by atoms with Gasteiger partial charge in [-0.05, 0) is 43.4 Å². The molecule has 3 N–H and O–H groups in total. The third-order valence-electron chi connectivity index (χ3n) is 5.70. The molecule has 0 bridgehead atoms. The number of aliphatic hydroxyl groups excluding tert-OH is 1. The lowest BCUT2D eigenvalue weighted by atomic mass is 10.2. The number of carbonyl (C=O) groups excluding carboxylic acids is 1. The molecule has 0 atom stereocenters. The second-order valence-electron chi connectivity index (χ2n) is 8.29. The van der Waals surface area contributed by atoms with Crippen LogP contribution in [-0.4, -0.2) is 72.8 Å². The van der Waals surface area contributed by atoms with Crippen molar-refractivity contribution in [1.29, 1.82) is 0 Å². The molecule has 0 aliphatic carbocycles. The minimum atomic E-state index is -0.271. The smallest absolute Gasteiger partial charge is 0.243 e. The third-order valence-corrected chi connectivity index (χ3v) is 5.96. The summed E-state index contributed by atoms with van der Waals surface area (Å²) in [6, 6.07) is 12.7. The van der Waals surface area contributed by atoms with Crippen molar-refractivity contribution < 1.29 is 19.4 Å². The molecule has 1 amide bonds. The van der Waals surface area contributed by atoms with E-state index in [-0.39, 0.29) is 29.8 Å². The summed E-state index contributed by atoms with van der Waals surface area (Å²) < 4.78 is 11.5. The fourth-order valence-corrected chi connectivity index (χ4v) is 3.82. The van der Waals surface area contributed by atoms with Gasteiger partial charge < -0.3 is 35.0 Å². The zero-order valence-electron chi connectivity index (χ0n) is 20.2. The first kappa shape index (κ1) is 25.5. The summed E-state index contributed by atoms with van der Waals surface area (Å²) in [6.45, 7) is 3.75. The first-order valence-corrected chi connectivity index (χ1v) is 11.9. The van der Waals surface area contributed by atoms with Gasteiger partial charge in [-0.25, -0.2) is 4.98 Å². The second-order valence-corrected chi connectivity index (χ2v) is 8.70. The van der Waals surface area contributed by atoms with E-state index in [1.807, 2.05) is 18.2 Å². The summed E-state index contributed by atoms with van der Waals surface area (Å²) in [7, 11) is 3.76. The number of carbonyl (C=O) groups is 1. The number of methoxy groups -OCH3 is 1. The van der Waals surface area contributed by atoms with Gasteiger partial charge in [-0.15, -0.1) is 0 Å². The zero-order valence-corrected chi connectivity index (χ0v) is 21.0. The molecule has 0 spiro atoms. The number of piperazine rings is 1. The van der Waals surface area contributed by atoms with Crippen molar-refractivity contribution in [3.05, 3.63) is 53.7 Å². The topological polar surface area (TPSA) is 112 Å². The lowest BCUT2D eigenvalue weighted by molar-refractivity contribution is -0.116. The Labute approximate surface area is 214 Å². The van der Waals surface area contributed by atoms with Gasteiger partial charge in [0.2, 0.25) is 17.7 Å². The van der Waals surface area contributed by atoms with Gasteiger partial charge in [0.05, 0.1) is 32.0 Å². The fourth-order valence-electron chi connectivity index (χ4n) is 3.69. The van der Waals surface area contributed by atoms with Crippen LogP contribution in [0.3, 0.4) is 0 Å². The van der Waals surface area contributed by atoms with Crippen molar-refractivity contribution in [2.45, 2.75) is 6.42 Å². The van der Waals surface area contributed by atoms with E-state index in [0.29, 0.717) is 28.8 Å². The van der Waals surface area contributed by atoms with E-state index in [1.54, 1.807) is 31.4 Å². The summed E-state index contributed by atoms with van der Waals surface area (Å²) in [5, 5.41) is 15.0. The van der Waals surface area contributed by atoms with Crippen LogP contribution < -0.4 is 25.0 Å². The van der Waals surface area contributed by atoms with Crippen molar-refractivity contribution >= 4 is 40.5 Å². The van der Waals surface area contributed by atoms with Crippen molar-refractivity contribution in [3.63, 3.8) is 0 Å². The summed E-state index contributed by atoms with van der Waals surface area (Å²) in [5.74, 6) is 1.36. The molecular formula is C25H29ClN6O4. The maximum absolute atomic E-state index is 11.6. The van der Waals surface area contributed by atoms with Gasteiger partial charge in [-0.2, -0.15) is 4.98 Å². The normalized spacial score (nSPS) is 13.8. The molecule has 190 valence electrons. The monoisotopic (exact) mass is 512 g/mol. The molecule has 1 aliphatic rings. The van der Waals surface area contributed by atoms with E-state index in [9.17, 15) is 4.79 Å². The molecule has 2 aromatic carbocycles. The Kier molecular flexibility index (Phi) is 8.42. The quantitative estimate of drug-likeness (QED) is 0.394. The number of likely N-dealkylation sites (N-methyl/N-ethyl adjacent to an activating group) is 1. The van der Waals surface area contributed by atoms with Gasteiger partial charge >= 0.3 is 0 Å². The van der Waals surface area contributed by atoms with Crippen LogP contribution in [0.4, 0.5) is 23.0 Å². The van der Waals surface area contributed by atoms with E-state index in [0.717, 1.165) is 31.9 Å². The average molecular weight is 513 g/mol. The molecule has 1 fully saturated rings. The van der Waals surface area contributed by atoms with Crippen LogP contribution in [0.25, 0.3) is 0 Å². The maximum Gasteiger partial charge on any atom is 0.243 e. The molecule has 36 heavy (non-hydrogen) atoms. The number of benzene rings is 2. The average Bonchev–Trinajstić information content (AvgIpc) is 2.88. The lowest BCUT2D eigenvalue weighted by Crippen LogP contribution is -2.44. The van der Waals surface area contributed by atoms with E-state index in [1.165, 1.54) is 6.20 Å². The molecule has 1 aliphatic heterocycles. The fraction of sp³-hybridized carbons (Fsp3) is 0.320. The van der Waals surface area contributed by atoms with Gasteiger partial charge in [-0.3, -0.25) is 4.79 Å². The van der Waals surface area contributed by atoms with Gasteiger partial charge in [0.15, 0.2) is 0 Å². The van der Waals surface area contributed by atoms with Gasteiger partial charge in [0.1, 0.15) is 16.5 Å². The molecule has 0 saturated carbocycles. The number of ether oxygens (including phenoxy) is 2. The summed E-state index contributed by atoms with van der Waals surface area (Å²) in [4.78, 5) is 24.9. The Hall–Kier alpha value is -3.60. The maximum atomic E-state index is 11.6. The molecular weight excluding hydrogens is 484 g/mol. The van der Waals surface area contributed by atoms with Crippen molar-refractivity contribution in [2.75, 3.05) is 62.5 Å². The van der Waals surface area contributed by atoms with Crippen LogP contribution in [-0.2, 0) is 4.79 Å². The van der Waals surface area contributed by atoms with E-state index in [2.05, 4.69) is 37.4 Å². The Morgan fingerprint density at radius 3 is 2.58 bits per heavy atom. The summed E-state index contributed by atoms with van der Waals surface area (Å²) >= 11 is 6.27. The molecule has 0 radical (unpaired) electrons. The number of aliphatic hydroxyl groups is 1. The van der Waals surface area contributed by atoms with Crippen LogP contribution in [0.5, 0.6) is 17.4 Å². The molecule has 1 aromatic heterocycles. The van der Waals surface area contributed by atoms with Crippen LogP contribution in [0.1, 0.15) is 6.42 Å². The van der Waals surface area contributed by atoms with Crippen LogP contribution in [0.15, 0.2) is 48.7 Å². The predicted octanol–water partition coefficient (Wildman–Crippen LogP) is 3.75. The molecule has 10 nitrogen and oxygen atoms in total. The van der Waals surface area contributed by atoms with Gasteiger partial charge in [0, 0.05) is 43.6 Å². The number of hydrogen-bond donors (Lipinski definition) is 3.